The maximum atomic E-state index is 14.2. The summed E-state index contributed by atoms with van der Waals surface area (Å²) in [5.74, 6) is 2.83. The molecule has 1 amide bonds. The summed E-state index contributed by atoms with van der Waals surface area (Å²) in [6, 6.07) is 2.59. The van der Waals surface area contributed by atoms with E-state index < -0.39 is 0 Å². The zero-order valence-corrected chi connectivity index (χ0v) is 19.4. The highest BCUT2D eigenvalue weighted by molar-refractivity contribution is 5.88. The molecule has 172 valence electrons. The summed E-state index contributed by atoms with van der Waals surface area (Å²) in [7, 11) is 0. The Labute approximate surface area is 193 Å². The Morgan fingerprint density at radius 2 is 2.03 bits per heavy atom. The van der Waals surface area contributed by atoms with Crippen molar-refractivity contribution in [1.82, 2.24) is 9.80 Å². The van der Waals surface area contributed by atoms with E-state index in [1.165, 1.54) is 5.56 Å². The van der Waals surface area contributed by atoms with Crippen molar-refractivity contribution in [3.63, 3.8) is 0 Å². The highest BCUT2D eigenvalue weighted by Gasteiger charge is 2.68. The van der Waals surface area contributed by atoms with Gasteiger partial charge in [-0.3, -0.25) is 9.69 Å². The first-order chi connectivity index (χ1) is 15.7. The second-order valence-electron chi connectivity index (χ2n) is 10.1. The van der Waals surface area contributed by atoms with E-state index in [1.54, 1.807) is 0 Å². The van der Waals surface area contributed by atoms with Gasteiger partial charge in [0, 0.05) is 31.5 Å². The van der Waals surface area contributed by atoms with E-state index in [-0.39, 0.29) is 23.4 Å². The van der Waals surface area contributed by atoms with Gasteiger partial charge in [0.2, 0.25) is 5.91 Å². The number of nitrogens with zero attached hydrogens (tertiary/aromatic N) is 2. The SMILES string of the molecule is C=CCCCCN1C(C=C)CC23C(=O)N4CCCC/C=C\CCc5cc(c(o5)C12)C3CC4. The van der Waals surface area contributed by atoms with Crippen LogP contribution in [0.4, 0.5) is 0 Å². The normalized spacial score (nSPS) is 33.2. The Kier molecular flexibility index (Phi) is 6.16. The number of furan rings is 1. The molecule has 0 radical (unpaired) electrons. The molecule has 2 saturated heterocycles. The van der Waals surface area contributed by atoms with E-state index in [4.69, 9.17) is 4.42 Å². The van der Waals surface area contributed by atoms with Gasteiger partial charge in [-0.2, -0.15) is 0 Å². The van der Waals surface area contributed by atoms with Crippen molar-refractivity contribution < 1.29 is 9.21 Å². The van der Waals surface area contributed by atoms with Crippen LogP contribution in [-0.4, -0.2) is 41.4 Å². The van der Waals surface area contributed by atoms with E-state index in [0.29, 0.717) is 5.91 Å². The quantitative estimate of drug-likeness (QED) is 0.411. The number of aryl methyl sites for hydroxylation is 1. The summed E-state index contributed by atoms with van der Waals surface area (Å²) >= 11 is 0. The lowest BCUT2D eigenvalue weighted by atomic mass is 9.67. The Morgan fingerprint density at radius 3 is 2.88 bits per heavy atom. The Balaban J connectivity index is 1.55. The topological polar surface area (TPSA) is 36.7 Å². The molecule has 1 spiro atoms. The van der Waals surface area contributed by atoms with Gasteiger partial charge >= 0.3 is 0 Å². The molecule has 4 atom stereocenters. The zero-order chi connectivity index (χ0) is 22.1. The Hall–Kier alpha value is -2.07. The number of fused-ring (bicyclic) bond motifs is 7. The predicted molar refractivity (Wildman–Crippen MR) is 128 cm³/mol. The van der Waals surface area contributed by atoms with Crippen molar-refractivity contribution in [1.29, 1.82) is 0 Å². The monoisotopic (exact) mass is 434 g/mol. The number of rotatable bonds is 6. The van der Waals surface area contributed by atoms with E-state index in [0.717, 1.165) is 95.4 Å². The minimum absolute atomic E-state index is 0.0546. The molecule has 5 aliphatic rings. The molecule has 4 aliphatic heterocycles. The van der Waals surface area contributed by atoms with Gasteiger partial charge < -0.3 is 9.32 Å². The Morgan fingerprint density at radius 1 is 1.16 bits per heavy atom. The molecule has 4 unspecified atom stereocenters. The molecule has 0 N–H and O–H groups in total. The third kappa shape index (κ3) is 3.42. The fourth-order valence-corrected chi connectivity index (χ4v) is 6.92. The number of carbonyl (C=O) groups excluding carboxylic acids is 1. The number of unbranched alkanes of at least 4 members (excludes halogenated alkanes) is 2. The third-order valence-electron chi connectivity index (χ3n) is 8.37. The fraction of sp³-hybridized carbons (Fsp3) is 0.607. The lowest BCUT2D eigenvalue weighted by molar-refractivity contribution is -0.149. The van der Waals surface area contributed by atoms with Crippen LogP contribution < -0.4 is 0 Å². The lowest BCUT2D eigenvalue weighted by Gasteiger charge is -2.44. The van der Waals surface area contributed by atoms with Gasteiger partial charge in [-0.25, -0.2) is 0 Å². The summed E-state index contributed by atoms with van der Waals surface area (Å²) in [6.45, 7) is 10.8. The van der Waals surface area contributed by atoms with Crippen molar-refractivity contribution in [2.75, 3.05) is 19.6 Å². The van der Waals surface area contributed by atoms with Crippen LogP contribution in [0.1, 0.15) is 86.8 Å². The number of amides is 1. The van der Waals surface area contributed by atoms with Crippen molar-refractivity contribution in [2.24, 2.45) is 5.41 Å². The number of piperidine rings is 1. The molecular weight excluding hydrogens is 396 g/mol. The Bertz CT molecular complexity index is 899. The minimum atomic E-state index is -0.374. The molecule has 4 heteroatoms. The maximum Gasteiger partial charge on any atom is 0.231 e. The average molecular weight is 435 g/mol. The van der Waals surface area contributed by atoms with Gasteiger partial charge in [0.1, 0.15) is 11.5 Å². The molecule has 32 heavy (non-hydrogen) atoms. The second kappa shape index (κ2) is 9.05. The maximum absolute atomic E-state index is 14.2. The molecular formula is C28H38N2O2. The van der Waals surface area contributed by atoms with Crippen molar-refractivity contribution in [3.8, 4) is 0 Å². The molecule has 4 nitrogen and oxygen atoms in total. The van der Waals surface area contributed by atoms with Crippen LogP contribution in [0.2, 0.25) is 0 Å². The van der Waals surface area contributed by atoms with Crippen molar-refractivity contribution in [3.05, 3.63) is 60.6 Å². The number of hydrogen-bond acceptors (Lipinski definition) is 3. The molecule has 2 fully saturated rings. The van der Waals surface area contributed by atoms with Crippen molar-refractivity contribution in [2.45, 2.75) is 82.2 Å². The highest BCUT2D eigenvalue weighted by Crippen LogP contribution is 2.67. The first kappa shape index (κ1) is 21.8. The van der Waals surface area contributed by atoms with Crippen LogP contribution in [0.25, 0.3) is 0 Å². The average Bonchev–Trinajstić information content (AvgIpc) is 3.41. The summed E-state index contributed by atoms with van der Waals surface area (Å²) in [6.07, 6.45) is 19.2. The summed E-state index contributed by atoms with van der Waals surface area (Å²) < 4.78 is 6.59. The van der Waals surface area contributed by atoms with E-state index in [9.17, 15) is 4.79 Å². The molecule has 1 aliphatic carbocycles. The second-order valence-corrected chi connectivity index (χ2v) is 10.1. The van der Waals surface area contributed by atoms with Gasteiger partial charge in [-0.1, -0.05) is 24.3 Å². The van der Waals surface area contributed by atoms with Crippen LogP contribution in [-0.2, 0) is 11.2 Å². The van der Waals surface area contributed by atoms with Crippen LogP contribution in [0, 0.1) is 5.41 Å². The number of allylic oxidation sites excluding steroid dienone is 3. The third-order valence-corrected chi connectivity index (χ3v) is 8.37. The smallest absolute Gasteiger partial charge is 0.231 e. The van der Waals surface area contributed by atoms with Gasteiger partial charge in [0.25, 0.3) is 0 Å². The summed E-state index contributed by atoms with van der Waals surface area (Å²) in [5.41, 5.74) is 0.955. The molecule has 5 heterocycles. The predicted octanol–water partition coefficient (Wildman–Crippen LogP) is 5.93. The van der Waals surface area contributed by atoms with E-state index in [1.807, 2.05) is 6.08 Å². The summed E-state index contributed by atoms with van der Waals surface area (Å²) in [5, 5.41) is 0. The minimum Gasteiger partial charge on any atom is -0.464 e. The lowest BCUT2D eigenvalue weighted by Crippen LogP contribution is -2.52. The van der Waals surface area contributed by atoms with Crippen LogP contribution >= 0.6 is 0 Å². The molecule has 6 bridgehead atoms. The fourth-order valence-electron chi connectivity index (χ4n) is 6.92. The standard InChI is InChI=1S/C28H38N2O2/c1-3-5-6-13-17-30-21(4-2)20-28-24-15-18-29(27(28)31)16-12-10-8-7-9-11-14-22-19-23(24)25(32-22)26(28)30/h3-4,7,9,19,21,24,26H,1-2,5-6,8,10-18,20H2/b9-7-. The van der Waals surface area contributed by atoms with E-state index >= 15 is 0 Å². The molecule has 6 rings (SSSR count). The molecule has 0 aromatic carbocycles. The van der Waals surface area contributed by atoms with Gasteiger partial charge in [-0.05, 0) is 76.0 Å². The van der Waals surface area contributed by atoms with Crippen LogP contribution in [0.3, 0.4) is 0 Å². The largest absolute Gasteiger partial charge is 0.464 e. The highest BCUT2D eigenvalue weighted by atomic mass is 16.3. The first-order valence-corrected chi connectivity index (χ1v) is 12.8. The van der Waals surface area contributed by atoms with Crippen LogP contribution in [0.5, 0.6) is 0 Å². The van der Waals surface area contributed by atoms with Gasteiger partial charge in [-0.15, -0.1) is 13.2 Å². The zero-order valence-electron chi connectivity index (χ0n) is 19.4. The number of likely N-dealkylation sites (tertiary alicyclic amines) is 1. The molecule has 0 saturated carbocycles. The van der Waals surface area contributed by atoms with Crippen LogP contribution in [0.15, 0.2) is 47.9 Å². The number of hydrogen-bond donors (Lipinski definition) is 0. The first-order valence-electron chi connectivity index (χ1n) is 12.8. The number of carbonyl (C=O) groups is 1. The van der Waals surface area contributed by atoms with Gasteiger partial charge in [0.15, 0.2) is 0 Å². The van der Waals surface area contributed by atoms with Gasteiger partial charge in [0.05, 0.1) is 11.5 Å². The molecule has 1 aromatic heterocycles. The van der Waals surface area contributed by atoms with Crippen molar-refractivity contribution >= 4 is 5.91 Å². The van der Waals surface area contributed by atoms with E-state index in [2.05, 4.69) is 47.3 Å². The summed E-state index contributed by atoms with van der Waals surface area (Å²) in [4.78, 5) is 18.9. The molecule has 1 aromatic rings.